The molecule has 1 fully saturated rings. The summed E-state index contributed by atoms with van der Waals surface area (Å²) < 4.78 is 15.7. The van der Waals surface area contributed by atoms with E-state index >= 15 is 0 Å². The fraction of sp³-hybridized carbons (Fsp3) is 0.756. The first kappa shape index (κ1) is 59.7. The Balaban J connectivity index is 2.22. The zero-order valence-electron chi connectivity index (χ0n) is 42.7. The van der Waals surface area contributed by atoms with Crippen molar-refractivity contribution >= 4 is 65.7 Å². The minimum atomic E-state index is -0.970. The second-order valence-corrected chi connectivity index (χ2v) is 19.4. The van der Waals surface area contributed by atoms with Crippen molar-refractivity contribution in [2.75, 3.05) is 100 Å². The summed E-state index contributed by atoms with van der Waals surface area (Å²) in [5.74, 6) is -1.47. The number of carboxylic acids is 1. The van der Waals surface area contributed by atoms with Crippen molar-refractivity contribution in [3.63, 3.8) is 0 Å². The number of carbonyl (C=O) groups excluding carboxylic acids is 7. The van der Waals surface area contributed by atoms with E-state index in [-0.39, 0.29) is 126 Å². The number of hydrogen-bond acceptors (Lipinski definition) is 17. The van der Waals surface area contributed by atoms with Crippen LogP contribution in [0, 0.1) is 0 Å². The Hall–Kier alpha value is -6.43. The SMILES string of the molecule is CC(C)(C)OC(=O)NCCCNC(=O)CCNc1nc(N(CCC(=O)NCCCNC(=O)OC(C)(C)C)CCC(=O)NCCCNC(=O)OC(C)(C)C)nc(N2CCN(C(=O)CCCC(=O)O)CC2)n1. The van der Waals surface area contributed by atoms with Gasteiger partial charge in [0.15, 0.2) is 0 Å². The van der Waals surface area contributed by atoms with E-state index in [1.54, 1.807) is 72.1 Å². The molecule has 25 nitrogen and oxygen atoms in total. The molecule has 1 aromatic heterocycles. The molecular weight excluding hydrogens is 915 g/mol. The van der Waals surface area contributed by atoms with E-state index in [4.69, 9.17) is 24.3 Å². The molecule has 2 rings (SSSR count). The quantitative estimate of drug-likeness (QED) is 0.0441. The highest BCUT2D eigenvalue weighted by Gasteiger charge is 2.26. The maximum absolute atomic E-state index is 13.1. The monoisotopic (exact) mass is 994 g/mol. The highest BCUT2D eigenvalue weighted by atomic mass is 16.6. The van der Waals surface area contributed by atoms with E-state index in [1.165, 1.54) is 0 Å². The van der Waals surface area contributed by atoms with Crippen LogP contribution >= 0.6 is 0 Å². The molecule has 0 unspecified atom stereocenters. The van der Waals surface area contributed by atoms with Crippen LogP contribution in [0.4, 0.5) is 32.2 Å². The van der Waals surface area contributed by atoms with Crippen LogP contribution in [-0.2, 0) is 38.2 Å². The van der Waals surface area contributed by atoms with Crippen molar-refractivity contribution in [3.8, 4) is 0 Å². The summed E-state index contributed by atoms with van der Waals surface area (Å²) in [7, 11) is 0. The lowest BCUT2D eigenvalue weighted by Gasteiger charge is -2.35. The zero-order valence-corrected chi connectivity index (χ0v) is 42.7. The average molecular weight is 994 g/mol. The minimum Gasteiger partial charge on any atom is -0.481 e. The summed E-state index contributed by atoms with van der Waals surface area (Å²) in [6, 6.07) is 0. The van der Waals surface area contributed by atoms with Crippen molar-refractivity contribution in [2.45, 2.75) is 137 Å². The van der Waals surface area contributed by atoms with Crippen LogP contribution in [0.25, 0.3) is 0 Å². The molecule has 1 aliphatic heterocycles. The van der Waals surface area contributed by atoms with E-state index in [9.17, 15) is 38.4 Å². The molecule has 25 heteroatoms. The van der Waals surface area contributed by atoms with Gasteiger partial charge in [0.2, 0.25) is 41.5 Å². The molecule has 1 saturated heterocycles. The number of nitrogens with one attached hydrogen (secondary N) is 7. The third-order valence-corrected chi connectivity index (χ3v) is 9.48. The minimum absolute atomic E-state index is 0.0165. The molecule has 0 radical (unpaired) electrons. The molecule has 0 bridgehead atoms. The second-order valence-electron chi connectivity index (χ2n) is 19.4. The highest BCUT2D eigenvalue weighted by molar-refractivity contribution is 5.79. The van der Waals surface area contributed by atoms with Gasteiger partial charge in [0.05, 0.1) is 0 Å². The Labute approximate surface area is 411 Å². The number of ether oxygens (including phenoxy) is 3. The lowest BCUT2D eigenvalue weighted by Crippen LogP contribution is -2.49. The maximum Gasteiger partial charge on any atom is 0.407 e. The maximum atomic E-state index is 13.1. The van der Waals surface area contributed by atoms with E-state index in [0.717, 1.165) is 0 Å². The molecule has 1 aromatic rings. The standard InChI is InChI=1S/C45H79N13O12/c1-43(2,3)68-40(65)50-22-11-19-46-32(59)16-25-49-37-53-38(55-39(54-37)58-30-28-56(29-31-58)35(62)14-10-15-36(63)64)57(26-17-33(60)47-20-12-23-51-41(66)69-44(4,5)6)27-18-34(61)48-21-13-24-52-42(67)70-45(7,8)9/h10-31H2,1-9H3,(H,46,59)(H,47,60)(H,48,61)(H,50,65)(H,51,66)(H,52,67)(H,63,64)(H,49,53,54,55). The van der Waals surface area contributed by atoms with Gasteiger partial charge in [0.25, 0.3) is 0 Å². The van der Waals surface area contributed by atoms with Crippen molar-refractivity contribution in [1.29, 1.82) is 0 Å². The second kappa shape index (κ2) is 30.2. The van der Waals surface area contributed by atoms with Gasteiger partial charge in [0, 0.05) is 117 Å². The van der Waals surface area contributed by atoms with Gasteiger partial charge >= 0.3 is 24.2 Å². The van der Waals surface area contributed by atoms with E-state index in [2.05, 4.69) is 47.2 Å². The smallest absolute Gasteiger partial charge is 0.407 e. The van der Waals surface area contributed by atoms with Crippen LogP contribution < -0.4 is 47.0 Å². The van der Waals surface area contributed by atoms with E-state index in [1.807, 2.05) is 4.90 Å². The zero-order chi connectivity index (χ0) is 52.3. The van der Waals surface area contributed by atoms with E-state index < -0.39 is 41.1 Å². The number of hydrogen-bond donors (Lipinski definition) is 8. The van der Waals surface area contributed by atoms with Gasteiger partial charge < -0.3 is 71.2 Å². The molecule has 70 heavy (non-hydrogen) atoms. The fourth-order valence-electron chi connectivity index (χ4n) is 6.22. The number of alkyl carbamates (subject to hydrolysis) is 3. The number of carboxylic acid groups (broad SMARTS) is 1. The fourth-order valence-corrected chi connectivity index (χ4v) is 6.22. The number of piperazine rings is 1. The Bertz CT molecular complexity index is 1810. The largest absolute Gasteiger partial charge is 0.481 e. The molecule has 0 spiro atoms. The number of amides is 7. The third kappa shape index (κ3) is 28.8. The molecule has 1 aliphatic rings. The Morgan fingerprint density at radius 3 is 1.34 bits per heavy atom. The highest BCUT2D eigenvalue weighted by Crippen LogP contribution is 2.20. The molecular formula is C45H79N13O12. The molecule has 396 valence electrons. The van der Waals surface area contributed by atoms with Gasteiger partial charge in [-0.3, -0.25) is 24.0 Å². The van der Waals surface area contributed by atoms with Crippen LogP contribution in [0.2, 0.25) is 0 Å². The van der Waals surface area contributed by atoms with Crippen LogP contribution in [0.3, 0.4) is 0 Å². The molecule has 2 heterocycles. The Morgan fingerprint density at radius 2 is 0.929 bits per heavy atom. The molecule has 7 amide bonds. The van der Waals surface area contributed by atoms with Gasteiger partial charge in [-0.25, -0.2) is 14.4 Å². The van der Waals surface area contributed by atoms with E-state index in [0.29, 0.717) is 58.5 Å². The lowest BCUT2D eigenvalue weighted by molar-refractivity contribution is -0.137. The summed E-state index contributed by atoms with van der Waals surface area (Å²) in [5.41, 5.74) is -1.93. The third-order valence-electron chi connectivity index (χ3n) is 9.48. The first-order chi connectivity index (χ1) is 32.8. The molecule has 0 atom stereocenters. The Kier molecular flexibility index (Phi) is 25.8. The molecule has 8 N–H and O–H groups in total. The molecule has 0 aliphatic carbocycles. The first-order valence-electron chi connectivity index (χ1n) is 24.0. The van der Waals surface area contributed by atoms with Crippen LogP contribution in [0.1, 0.15) is 120 Å². The van der Waals surface area contributed by atoms with Crippen molar-refractivity contribution in [1.82, 2.24) is 51.8 Å². The van der Waals surface area contributed by atoms with Gasteiger partial charge in [-0.2, -0.15) is 15.0 Å². The normalized spacial score (nSPS) is 12.8. The topological polar surface area (TPSA) is 317 Å². The number of carbonyl (C=O) groups is 8. The lowest BCUT2D eigenvalue weighted by atomic mass is 10.2. The summed E-state index contributed by atoms with van der Waals surface area (Å²) in [6.45, 7) is 19.2. The summed E-state index contributed by atoms with van der Waals surface area (Å²) >= 11 is 0. The van der Waals surface area contributed by atoms with Crippen LogP contribution in [-0.4, -0.2) is 175 Å². The summed E-state index contributed by atoms with van der Waals surface area (Å²) in [6.07, 6.45) is -0.0666. The number of anilines is 3. The number of aromatic nitrogens is 3. The predicted octanol–water partition coefficient (Wildman–Crippen LogP) is 2.26. The Morgan fingerprint density at radius 1 is 0.514 bits per heavy atom. The van der Waals surface area contributed by atoms with Gasteiger partial charge in [0.1, 0.15) is 16.8 Å². The van der Waals surface area contributed by atoms with Crippen molar-refractivity contribution < 1.29 is 57.7 Å². The van der Waals surface area contributed by atoms with Gasteiger partial charge in [-0.05, 0) is 88.0 Å². The average Bonchev–Trinajstić information content (AvgIpc) is 3.24. The summed E-state index contributed by atoms with van der Waals surface area (Å²) in [5, 5.41) is 28.6. The first-order valence-corrected chi connectivity index (χ1v) is 24.0. The molecule has 0 saturated carbocycles. The number of rotatable bonds is 28. The molecule has 0 aromatic carbocycles. The number of nitrogens with zero attached hydrogens (tertiary/aromatic N) is 6. The number of aliphatic carboxylic acids is 1. The predicted molar refractivity (Wildman–Crippen MR) is 260 cm³/mol. The van der Waals surface area contributed by atoms with Gasteiger partial charge in [-0.15, -0.1) is 0 Å². The van der Waals surface area contributed by atoms with Crippen LogP contribution in [0.15, 0.2) is 0 Å². The van der Waals surface area contributed by atoms with Crippen molar-refractivity contribution in [2.24, 2.45) is 0 Å². The summed E-state index contributed by atoms with van der Waals surface area (Å²) in [4.78, 5) is 118. The van der Waals surface area contributed by atoms with Gasteiger partial charge in [-0.1, -0.05) is 0 Å². The van der Waals surface area contributed by atoms with Crippen LogP contribution in [0.5, 0.6) is 0 Å². The van der Waals surface area contributed by atoms with Crippen molar-refractivity contribution in [3.05, 3.63) is 0 Å².